The maximum absolute atomic E-state index is 11.2. The topological polar surface area (TPSA) is 52.1 Å². The molecule has 1 heterocycles. The molecule has 0 saturated heterocycles. The molecular weight excluding hydrogens is 248 g/mol. The van der Waals surface area contributed by atoms with Crippen LogP contribution in [0.2, 0.25) is 0 Å². The lowest BCUT2D eigenvalue weighted by atomic mass is 10.4. The number of methoxy groups -OCH3 is 1. The summed E-state index contributed by atoms with van der Waals surface area (Å²) < 4.78 is 4.57. The first kappa shape index (κ1) is 13.3. The zero-order valence-electron chi connectivity index (χ0n) is 9.14. The van der Waals surface area contributed by atoms with E-state index >= 15 is 0 Å². The molecule has 0 aliphatic heterocycles. The van der Waals surface area contributed by atoms with E-state index < -0.39 is 5.97 Å². The van der Waals surface area contributed by atoms with E-state index in [1.807, 2.05) is 0 Å². The number of carbonyl (C=O) groups excluding carboxylic acids is 1. The Bertz CT molecular complexity index is 362. The highest BCUT2D eigenvalue weighted by Crippen LogP contribution is 2.23. The molecule has 1 rings (SSSR count). The summed E-state index contributed by atoms with van der Waals surface area (Å²) in [6.45, 7) is 2.06. The van der Waals surface area contributed by atoms with Crippen molar-refractivity contribution in [3.63, 3.8) is 0 Å². The van der Waals surface area contributed by atoms with E-state index in [4.69, 9.17) is 11.6 Å². The summed E-state index contributed by atoms with van der Waals surface area (Å²) >= 11 is 7.19. The second kappa shape index (κ2) is 6.70. The molecule has 16 heavy (non-hydrogen) atoms. The molecule has 0 spiro atoms. The number of alkyl halides is 1. The molecule has 0 aromatic carbocycles. The fourth-order valence-electron chi connectivity index (χ4n) is 1.03. The van der Waals surface area contributed by atoms with Crippen molar-refractivity contribution in [2.75, 3.05) is 13.0 Å². The first-order valence-corrected chi connectivity index (χ1v) is 6.21. The van der Waals surface area contributed by atoms with E-state index in [-0.39, 0.29) is 5.69 Å². The average Bonchev–Trinajstić information content (AvgIpc) is 2.28. The van der Waals surface area contributed by atoms with E-state index in [1.54, 1.807) is 18.0 Å². The number of esters is 1. The molecule has 0 bridgehead atoms. The van der Waals surface area contributed by atoms with Gasteiger partial charge in [-0.1, -0.05) is 6.92 Å². The second-order valence-electron chi connectivity index (χ2n) is 3.14. The fourth-order valence-corrected chi connectivity index (χ4v) is 2.40. The predicted molar refractivity (Wildman–Crippen MR) is 64.0 cm³/mol. The zero-order valence-corrected chi connectivity index (χ0v) is 10.7. The van der Waals surface area contributed by atoms with Crippen LogP contribution < -0.4 is 0 Å². The van der Waals surface area contributed by atoms with Crippen molar-refractivity contribution in [1.29, 1.82) is 0 Å². The van der Waals surface area contributed by atoms with Crippen LogP contribution in [0, 0.1) is 0 Å². The minimum Gasteiger partial charge on any atom is -0.464 e. The Morgan fingerprint density at radius 2 is 2.38 bits per heavy atom. The van der Waals surface area contributed by atoms with E-state index in [9.17, 15) is 4.79 Å². The number of hydrogen-bond donors (Lipinski definition) is 0. The van der Waals surface area contributed by atoms with E-state index in [1.165, 1.54) is 13.3 Å². The third kappa shape index (κ3) is 3.98. The summed E-state index contributed by atoms with van der Waals surface area (Å²) in [6, 6.07) is 0. The van der Waals surface area contributed by atoms with E-state index in [2.05, 4.69) is 21.6 Å². The lowest BCUT2D eigenvalue weighted by molar-refractivity contribution is 0.0592. The third-order valence-corrected chi connectivity index (χ3v) is 3.14. The van der Waals surface area contributed by atoms with Crippen LogP contribution in [0.1, 0.15) is 23.8 Å². The summed E-state index contributed by atoms with van der Waals surface area (Å²) in [6.07, 6.45) is 3.90. The molecule has 1 aromatic heterocycles. The van der Waals surface area contributed by atoms with Crippen LogP contribution in [0.25, 0.3) is 0 Å². The van der Waals surface area contributed by atoms with E-state index in [0.29, 0.717) is 16.2 Å². The van der Waals surface area contributed by atoms with Gasteiger partial charge >= 0.3 is 5.97 Å². The monoisotopic (exact) mass is 260 g/mol. The molecule has 0 aliphatic carbocycles. The normalized spacial score (nSPS) is 12.2. The van der Waals surface area contributed by atoms with Crippen molar-refractivity contribution in [3.05, 3.63) is 18.1 Å². The second-order valence-corrected chi connectivity index (χ2v) is 4.98. The third-order valence-electron chi connectivity index (χ3n) is 1.84. The molecule has 1 atom stereocenters. The Labute approximate surface area is 104 Å². The van der Waals surface area contributed by atoms with Gasteiger partial charge in [-0.05, 0) is 6.42 Å². The molecule has 0 fully saturated rings. The molecule has 4 nitrogen and oxygen atoms in total. The smallest absolute Gasteiger partial charge is 0.358 e. The maximum atomic E-state index is 11.2. The molecule has 1 aromatic rings. The van der Waals surface area contributed by atoms with Crippen molar-refractivity contribution in [3.8, 4) is 0 Å². The standard InChI is InChI=1S/C10H13ClN2O2S/c1-7(3-4-11)16-9-6-12-5-8(13-9)10(14)15-2/h5-7H,3-4H2,1-2H3. The summed E-state index contributed by atoms with van der Waals surface area (Å²) in [5.74, 6) is 0.137. The number of rotatable bonds is 5. The fraction of sp³-hybridized carbons (Fsp3) is 0.500. The highest BCUT2D eigenvalue weighted by Gasteiger charge is 2.10. The number of thioether (sulfide) groups is 1. The summed E-state index contributed by atoms with van der Waals surface area (Å²) in [5.41, 5.74) is 0.227. The SMILES string of the molecule is COC(=O)c1cncc(SC(C)CCCl)n1. The molecule has 0 amide bonds. The number of ether oxygens (including phenoxy) is 1. The van der Waals surface area contributed by atoms with Gasteiger partial charge in [0.15, 0.2) is 5.69 Å². The molecule has 0 N–H and O–H groups in total. The molecule has 1 unspecified atom stereocenters. The quantitative estimate of drug-likeness (QED) is 0.462. The Kier molecular flexibility index (Phi) is 5.55. The molecule has 0 saturated carbocycles. The highest BCUT2D eigenvalue weighted by molar-refractivity contribution is 7.99. The van der Waals surface area contributed by atoms with Gasteiger partial charge in [0.2, 0.25) is 0 Å². The lowest BCUT2D eigenvalue weighted by Crippen LogP contribution is -2.06. The molecule has 88 valence electrons. The molecular formula is C10H13ClN2O2S. The van der Waals surface area contributed by atoms with Crippen molar-refractivity contribution < 1.29 is 9.53 Å². The van der Waals surface area contributed by atoms with Crippen molar-refractivity contribution in [1.82, 2.24) is 9.97 Å². The number of aromatic nitrogens is 2. The van der Waals surface area contributed by atoms with Gasteiger partial charge in [0.1, 0.15) is 5.03 Å². The minimum absolute atomic E-state index is 0.227. The summed E-state index contributed by atoms with van der Waals surface area (Å²) in [4.78, 5) is 19.3. The summed E-state index contributed by atoms with van der Waals surface area (Å²) in [5, 5.41) is 1.06. The highest BCUT2D eigenvalue weighted by atomic mass is 35.5. The van der Waals surface area contributed by atoms with Gasteiger partial charge in [0, 0.05) is 11.1 Å². The molecule has 6 heteroatoms. The lowest BCUT2D eigenvalue weighted by Gasteiger charge is -2.08. The zero-order chi connectivity index (χ0) is 12.0. The van der Waals surface area contributed by atoms with Crippen LogP contribution >= 0.6 is 23.4 Å². The number of halogens is 1. The number of carbonyl (C=O) groups is 1. The average molecular weight is 261 g/mol. The Balaban J connectivity index is 2.70. The Hall–Kier alpha value is -0.810. The van der Waals surface area contributed by atoms with Crippen LogP contribution in [-0.2, 0) is 4.74 Å². The van der Waals surface area contributed by atoms with Crippen LogP contribution in [0.3, 0.4) is 0 Å². The predicted octanol–water partition coefficient (Wildman–Crippen LogP) is 2.37. The Morgan fingerprint density at radius 1 is 1.62 bits per heavy atom. The van der Waals surface area contributed by atoms with Gasteiger partial charge in [-0.3, -0.25) is 4.98 Å². The van der Waals surface area contributed by atoms with Crippen LogP contribution in [0.15, 0.2) is 17.4 Å². The van der Waals surface area contributed by atoms with Gasteiger partial charge in [-0.15, -0.1) is 23.4 Å². The number of nitrogens with zero attached hydrogens (tertiary/aromatic N) is 2. The van der Waals surface area contributed by atoms with Gasteiger partial charge in [0.05, 0.1) is 19.5 Å². The van der Waals surface area contributed by atoms with Crippen LogP contribution in [0.4, 0.5) is 0 Å². The van der Waals surface area contributed by atoms with Gasteiger partial charge < -0.3 is 4.74 Å². The van der Waals surface area contributed by atoms with Gasteiger partial charge in [0.25, 0.3) is 0 Å². The largest absolute Gasteiger partial charge is 0.464 e. The minimum atomic E-state index is -0.472. The van der Waals surface area contributed by atoms with Gasteiger partial charge in [-0.25, -0.2) is 9.78 Å². The van der Waals surface area contributed by atoms with E-state index in [0.717, 1.165) is 6.42 Å². The van der Waals surface area contributed by atoms with Crippen LogP contribution in [-0.4, -0.2) is 34.2 Å². The van der Waals surface area contributed by atoms with Crippen LogP contribution in [0.5, 0.6) is 0 Å². The van der Waals surface area contributed by atoms with Gasteiger partial charge in [-0.2, -0.15) is 0 Å². The maximum Gasteiger partial charge on any atom is 0.358 e. The summed E-state index contributed by atoms with van der Waals surface area (Å²) in [7, 11) is 1.32. The molecule has 0 radical (unpaired) electrons. The van der Waals surface area contributed by atoms with Crippen molar-refractivity contribution >= 4 is 29.3 Å². The first-order chi connectivity index (χ1) is 7.67. The Morgan fingerprint density at radius 3 is 3.00 bits per heavy atom. The molecule has 0 aliphatic rings. The number of hydrogen-bond acceptors (Lipinski definition) is 5. The first-order valence-electron chi connectivity index (χ1n) is 4.80. The van der Waals surface area contributed by atoms with Crippen molar-refractivity contribution in [2.24, 2.45) is 0 Å². The van der Waals surface area contributed by atoms with Crippen molar-refractivity contribution in [2.45, 2.75) is 23.6 Å².